The number of likely N-dealkylation sites (N-methyl/N-ethyl adjacent to an activating group) is 1. The highest BCUT2D eigenvalue weighted by molar-refractivity contribution is 5.95. The van der Waals surface area contributed by atoms with Crippen LogP contribution in [0.1, 0.15) is 40.4 Å². The molecule has 5 rings (SSSR count). The Balaban J connectivity index is 1.21. The molecule has 1 amide bonds. The van der Waals surface area contributed by atoms with Crippen LogP contribution in [0.3, 0.4) is 0 Å². The van der Waals surface area contributed by atoms with E-state index < -0.39 is 0 Å². The number of amides is 1. The number of hydrogen-bond donors (Lipinski definition) is 1. The molecule has 0 aliphatic carbocycles. The molecule has 0 bridgehead atoms. The Labute approximate surface area is 214 Å². The van der Waals surface area contributed by atoms with Crippen LogP contribution in [0, 0.1) is 0 Å². The topological polar surface area (TPSA) is 64.7 Å². The molecule has 3 aromatic rings. The number of aromatic amines is 1. The fraction of sp³-hybridized carbons (Fsp3) is 0.448. The van der Waals surface area contributed by atoms with Crippen molar-refractivity contribution in [3.8, 4) is 11.1 Å². The first-order valence-electron chi connectivity index (χ1n) is 13.1. The number of hydrogen-bond acceptors (Lipinski definition) is 5. The number of carbonyl (C=O) groups is 1. The van der Waals surface area contributed by atoms with E-state index >= 15 is 0 Å². The summed E-state index contributed by atoms with van der Waals surface area (Å²) >= 11 is 0. The van der Waals surface area contributed by atoms with Crippen LogP contribution in [0.15, 0.2) is 60.8 Å². The van der Waals surface area contributed by atoms with Crippen LogP contribution in [-0.2, 0) is 11.3 Å². The molecule has 7 nitrogen and oxygen atoms in total. The van der Waals surface area contributed by atoms with E-state index in [0.29, 0.717) is 12.5 Å². The second kappa shape index (κ2) is 11.8. The number of ether oxygens (including phenoxy) is 1. The van der Waals surface area contributed by atoms with Crippen LogP contribution < -0.4 is 0 Å². The van der Waals surface area contributed by atoms with Gasteiger partial charge in [0.05, 0.1) is 19.4 Å². The van der Waals surface area contributed by atoms with Crippen molar-refractivity contribution in [2.24, 2.45) is 0 Å². The smallest absolute Gasteiger partial charge is 0.253 e. The third-order valence-electron chi connectivity index (χ3n) is 7.46. The van der Waals surface area contributed by atoms with Gasteiger partial charge in [0.25, 0.3) is 5.91 Å². The molecule has 1 aromatic heterocycles. The lowest BCUT2D eigenvalue weighted by Crippen LogP contribution is -2.47. The fourth-order valence-electron chi connectivity index (χ4n) is 5.30. The summed E-state index contributed by atoms with van der Waals surface area (Å²) in [4.78, 5) is 19.9. The lowest BCUT2D eigenvalue weighted by atomic mass is 9.90. The second-order valence-corrected chi connectivity index (χ2v) is 10.1. The molecule has 2 aliphatic rings. The molecule has 36 heavy (non-hydrogen) atoms. The minimum Gasteiger partial charge on any atom is -0.375 e. The Morgan fingerprint density at radius 3 is 2.72 bits per heavy atom. The molecule has 0 saturated carbocycles. The lowest BCUT2D eigenvalue weighted by molar-refractivity contribution is 0.0664. The molecule has 2 fully saturated rings. The van der Waals surface area contributed by atoms with Gasteiger partial charge in [-0.15, -0.1) is 0 Å². The maximum Gasteiger partial charge on any atom is 0.253 e. The molecular weight excluding hydrogens is 450 g/mol. The number of benzene rings is 2. The van der Waals surface area contributed by atoms with Gasteiger partial charge in [0.2, 0.25) is 0 Å². The predicted molar refractivity (Wildman–Crippen MR) is 142 cm³/mol. The molecule has 7 heteroatoms. The fourth-order valence-corrected chi connectivity index (χ4v) is 5.30. The average Bonchev–Trinajstić information content (AvgIpc) is 3.42. The predicted octanol–water partition coefficient (Wildman–Crippen LogP) is 3.86. The van der Waals surface area contributed by atoms with Gasteiger partial charge < -0.3 is 19.4 Å². The molecular formula is C29H37N5O2. The van der Waals surface area contributed by atoms with Gasteiger partial charge in [-0.05, 0) is 49.7 Å². The van der Waals surface area contributed by atoms with Crippen LogP contribution in [0.5, 0.6) is 0 Å². The number of aromatic nitrogens is 2. The minimum absolute atomic E-state index is 0.120. The van der Waals surface area contributed by atoms with Crippen molar-refractivity contribution in [2.45, 2.75) is 25.4 Å². The number of rotatable bonds is 8. The van der Waals surface area contributed by atoms with Crippen LogP contribution in [0.4, 0.5) is 0 Å². The summed E-state index contributed by atoms with van der Waals surface area (Å²) in [6, 6.07) is 18.4. The quantitative estimate of drug-likeness (QED) is 0.489. The summed E-state index contributed by atoms with van der Waals surface area (Å²) in [5, 5.41) is 7.70. The maximum atomic E-state index is 13.1. The van der Waals surface area contributed by atoms with Gasteiger partial charge in [-0.1, -0.05) is 42.5 Å². The first kappa shape index (κ1) is 24.7. The lowest BCUT2D eigenvalue weighted by Gasteiger charge is -2.33. The van der Waals surface area contributed by atoms with Crippen molar-refractivity contribution < 1.29 is 9.53 Å². The number of piperazine rings is 1. The summed E-state index contributed by atoms with van der Waals surface area (Å²) in [5.41, 5.74) is 5.31. The van der Waals surface area contributed by atoms with Crippen LogP contribution >= 0.6 is 0 Å². The summed E-state index contributed by atoms with van der Waals surface area (Å²) in [5.74, 6) is 0.511. The highest BCUT2D eigenvalue weighted by atomic mass is 16.5. The summed E-state index contributed by atoms with van der Waals surface area (Å²) in [7, 11) is 2.10. The van der Waals surface area contributed by atoms with Gasteiger partial charge >= 0.3 is 0 Å². The maximum absolute atomic E-state index is 13.1. The van der Waals surface area contributed by atoms with E-state index in [1.165, 1.54) is 11.3 Å². The van der Waals surface area contributed by atoms with E-state index in [1.54, 1.807) is 0 Å². The first-order chi connectivity index (χ1) is 17.7. The summed E-state index contributed by atoms with van der Waals surface area (Å²) < 4.78 is 5.93. The molecule has 2 aliphatic heterocycles. The normalized spacial score (nSPS) is 19.5. The van der Waals surface area contributed by atoms with Crippen molar-refractivity contribution in [3.63, 3.8) is 0 Å². The standard InChI is InChI=1S/C29H37N5O2/c1-32-13-15-34(16-14-32)29(35)25-10-5-9-24(19-25)27-20-30-31-28(27)26-11-6-12-33(21-26)17-18-36-22-23-7-3-2-4-8-23/h2-5,7-10,19-20,26H,6,11-18,21-22H2,1H3,(H,30,31)/t26-/m0/s1. The Bertz CT molecular complexity index is 1120. The number of H-pyrrole nitrogens is 1. The van der Waals surface area contributed by atoms with E-state index in [2.05, 4.69) is 45.2 Å². The van der Waals surface area contributed by atoms with Gasteiger partial charge in [0, 0.05) is 62.0 Å². The van der Waals surface area contributed by atoms with E-state index in [9.17, 15) is 4.79 Å². The van der Waals surface area contributed by atoms with E-state index in [1.807, 2.05) is 47.5 Å². The van der Waals surface area contributed by atoms with Crippen molar-refractivity contribution in [1.29, 1.82) is 0 Å². The number of nitrogens with zero attached hydrogens (tertiary/aromatic N) is 4. The van der Waals surface area contributed by atoms with E-state index in [-0.39, 0.29) is 5.91 Å². The number of nitrogens with one attached hydrogen (secondary N) is 1. The van der Waals surface area contributed by atoms with Crippen LogP contribution in [-0.4, -0.2) is 90.3 Å². The van der Waals surface area contributed by atoms with E-state index in [0.717, 1.165) is 82.0 Å². The van der Waals surface area contributed by atoms with Gasteiger partial charge in [-0.3, -0.25) is 9.89 Å². The highest BCUT2D eigenvalue weighted by Crippen LogP contribution is 2.33. The van der Waals surface area contributed by atoms with Gasteiger partial charge in [-0.25, -0.2) is 0 Å². The molecule has 190 valence electrons. The third kappa shape index (κ3) is 6.03. The first-order valence-corrected chi connectivity index (χ1v) is 13.1. The van der Waals surface area contributed by atoms with Crippen LogP contribution in [0.2, 0.25) is 0 Å². The zero-order valence-electron chi connectivity index (χ0n) is 21.2. The van der Waals surface area contributed by atoms with Crippen molar-refractivity contribution in [3.05, 3.63) is 77.6 Å². The molecule has 0 radical (unpaired) electrons. The molecule has 1 N–H and O–H groups in total. The number of carbonyl (C=O) groups excluding carboxylic acids is 1. The molecule has 1 atom stereocenters. The zero-order chi connectivity index (χ0) is 24.7. The number of piperidine rings is 1. The molecule has 2 aromatic carbocycles. The molecule has 2 saturated heterocycles. The Kier molecular flexibility index (Phi) is 8.11. The Morgan fingerprint density at radius 1 is 1.06 bits per heavy atom. The Hall–Kier alpha value is -3.00. The van der Waals surface area contributed by atoms with Crippen molar-refractivity contribution >= 4 is 5.91 Å². The van der Waals surface area contributed by atoms with Crippen molar-refractivity contribution in [1.82, 2.24) is 24.9 Å². The summed E-state index contributed by atoms with van der Waals surface area (Å²) in [6.07, 6.45) is 4.21. The highest BCUT2D eigenvalue weighted by Gasteiger charge is 2.26. The summed E-state index contributed by atoms with van der Waals surface area (Å²) in [6.45, 7) is 7.82. The number of likely N-dealkylation sites (tertiary alicyclic amines) is 1. The van der Waals surface area contributed by atoms with E-state index in [4.69, 9.17) is 4.74 Å². The second-order valence-electron chi connectivity index (χ2n) is 10.1. The third-order valence-corrected chi connectivity index (χ3v) is 7.46. The van der Waals surface area contributed by atoms with Crippen molar-refractivity contribution in [2.75, 3.05) is 59.5 Å². The van der Waals surface area contributed by atoms with Gasteiger partial charge in [0.1, 0.15) is 0 Å². The molecule has 0 unspecified atom stereocenters. The minimum atomic E-state index is 0.120. The monoisotopic (exact) mass is 487 g/mol. The Morgan fingerprint density at radius 2 is 1.89 bits per heavy atom. The zero-order valence-corrected chi connectivity index (χ0v) is 21.2. The largest absolute Gasteiger partial charge is 0.375 e. The SMILES string of the molecule is CN1CCN(C(=O)c2cccc(-c3cn[nH]c3[C@H]3CCCN(CCOCc4ccccc4)C3)c2)CC1. The van der Waals surface area contributed by atoms with Crippen LogP contribution in [0.25, 0.3) is 11.1 Å². The van der Waals surface area contributed by atoms with Gasteiger partial charge in [-0.2, -0.15) is 5.10 Å². The average molecular weight is 488 g/mol. The molecule has 3 heterocycles. The van der Waals surface area contributed by atoms with Gasteiger partial charge in [0.15, 0.2) is 0 Å². The molecule has 0 spiro atoms.